The fraction of sp³-hybridized carbons (Fsp3) is 0.417. The van der Waals surface area contributed by atoms with Gasteiger partial charge in [0.05, 0.1) is 12.3 Å². The minimum atomic E-state index is -0.846. The number of aryl methyl sites for hydroxylation is 2. The van der Waals surface area contributed by atoms with Crippen molar-refractivity contribution in [3.63, 3.8) is 0 Å². The molecule has 19 heavy (non-hydrogen) atoms. The summed E-state index contributed by atoms with van der Waals surface area (Å²) in [7, 11) is 0. The van der Waals surface area contributed by atoms with E-state index in [1.54, 1.807) is 11.3 Å². The number of thiophene rings is 1. The van der Waals surface area contributed by atoms with Gasteiger partial charge < -0.3 is 9.67 Å². The highest BCUT2D eigenvalue weighted by Crippen LogP contribution is 2.22. The van der Waals surface area contributed by atoms with Gasteiger partial charge in [0.25, 0.3) is 0 Å². The van der Waals surface area contributed by atoms with E-state index >= 15 is 0 Å². The number of hydrogen-bond donors (Lipinski definition) is 1. The second kappa shape index (κ2) is 6.21. The first-order valence-electron chi connectivity index (χ1n) is 5.92. The Bertz CT molecular complexity index is 577. The molecule has 0 aliphatic heterocycles. The Labute approximate surface area is 119 Å². The summed E-state index contributed by atoms with van der Waals surface area (Å²) in [5.74, 6) is -0.0380. The van der Waals surface area contributed by atoms with Gasteiger partial charge in [-0.2, -0.15) is 0 Å². The zero-order valence-corrected chi connectivity index (χ0v) is 12.4. The number of aliphatic carboxylic acids is 1. The van der Waals surface area contributed by atoms with Crippen molar-refractivity contribution in [2.75, 3.05) is 5.75 Å². The van der Waals surface area contributed by atoms with Gasteiger partial charge in [-0.1, -0.05) is 18.7 Å². The van der Waals surface area contributed by atoms with Crippen molar-refractivity contribution < 1.29 is 9.90 Å². The Morgan fingerprint density at radius 2 is 2.16 bits per heavy atom. The normalized spacial score (nSPS) is 10.8. The summed E-state index contributed by atoms with van der Waals surface area (Å²) < 4.78 is 1.96. The molecule has 2 aromatic rings. The lowest BCUT2D eigenvalue weighted by atomic mass is 10.3. The highest BCUT2D eigenvalue weighted by Gasteiger charge is 2.12. The molecule has 0 aromatic carbocycles. The molecule has 0 amide bonds. The lowest BCUT2D eigenvalue weighted by molar-refractivity contribution is -0.133. The zero-order chi connectivity index (χ0) is 13.8. The molecule has 1 N–H and O–H groups in total. The Hall–Kier alpha value is -1.34. The first kappa shape index (κ1) is 14.1. The second-order valence-electron chi connectivity index (χ2n) is 4.02. The number of carbonyl (C=O) groups is 1. The number of aromatic nitrogens is 3. The molecule has 102 valence electrons. The van der Waals surface area contributed by atoms with E-state index in [1.807, 2.05) is 11.5 Å². The quantitative estimate of drug-likeness (QED) is 0.829. The first-order chi connectivity index (χ1) is 9.10. The van der Waals surface area contributed by atoms with Gasteiger partial charge in [-0.25, -0.2) is 0 Å². The van der Waals surface area contributed by atoms with Crippen molar-refractivity contribution in [2.24, 2.45) is 0 Å². The van der Waals surface area contributed by atoms with E-state index in [2.05, 4.69) is 29.3 Å². The van der Waals surface area contributed by atoms with Crippen LogP contribution < -0.4 is 0 Å². The van der Waals surface area contributed by atoms with Gasteiger partial charge >= 0.3 is 5.97 Å². The van der Waals surface area contributed by atoms with Crippen LogP contribution in [-0.2, 0) is 17.8 Å². The Balaban J connectivity index is 2.14. The molecule has 0 bridgehead atoms. The lowest BCUT2D eigenvalue weighted by Crippen LogP contribution is -2.05. The van der Waals surface area contributed by atoms with Crippen LogP contribution in [0.5, 0.6) is 0 Å². The highest BCUT2D eigenvalue weighted by molar-refractivity contribution is 7.99. The van der Waals surface area contributed by atoms with Crippen LogP contribution in [0, 0.1) is 6.92 Å². The molecule has 2 rings (SSSR count). The predicted molar refractivity (Wildman–Crippen MR) is 75.9 cm³/mol. The number of carboxylic acids is 1. The molecular formula is C12H15N3O2S2. The minimum absolute atomic E-state index is 0.00276. The number of thioether (sulfide) groups is 1. The predicted octanol–water partition coefficient (Wildman–Crippen LogP) is 2.44. The Kier molecular flexibility index (Phi) is 4.60. The fourth-order valence-electron chi connectivity index (χ4n) is 1.63. The topological polar surface area (TPSA) is 68.0 Å². The van der Waals surface area contributed by atoms with Crippen molar-refractivity contribution >= 4 is 29.1 Å². The largest absolute Gasteiger partial charge is 0.481 e. The molecule has 0 unspecified atom stereocenters. The van der Waals surface area contributed by atoms with Crippen molar-refractivity contribution in [2.45, 2.75) is 32.0 Å². The van der Waals surface area contributed by atoms with Crippen LogP contribution in [0.15, 0.2) is 17.3 Å². The van der Waals surface area contributed by atoms with Crippen LogP contribution in [0.2, 0.25) is 0 Å². The van der Waals surface area contributed by atoms with Crippen molar-refractivity contribution in [1.29, 1.82) is 0 Å². The molecule has 0 saturated heterocycles. The van der Waals surface area contributed by atoms with E-state index in [-0.39, 0.29) is 5.75 Å². The second-order valence-corrected chi connectivity index (χ2v) is 6.22. The molecule has 7 heteroatoms. The average molecular weight is 297 g/mol. The highest BCUT2D eigenvalue weighted by atomic mass is 32.2. The van der Waals surface area contributed by atoms with Gasteiger partial charge in [0, 0.05) is 9.75 Å². The maximum absolute atomic E-state index is 10.6. The third-order valence-corrected chi connectivity index (χ3v) is 4.77. The molecule has 0 aliphatic rings. The van der Waals surface area contributed by atoms with E-state index in [0.29, 0.717) is 11.7 Å². The molecule has 0 saturated carbocycles. The average Bonchev–Trinajstić information content (AvgIpc) is 2.96. The molecule has 2 aromatic heterocycles. The molecule has 0 aliphatic carbocycles. The van der Waals surface area contributed by atoms with Crippen LogP contribution in [0.3, 0.4) is 0 Å². The minimum Gasteiger partial charge on any atom is -0.481 e. The van der Waals surface area contributed by atoms with Crippen LogP contribution in [0.4, 0.5) is 0 Å². The standard InChI is InChI=1S/C12H15N3O2S2/c1-3-9-4-5-10(19-9)6-15-8(2)13-14-12(15)18-7-11(16)17/h4-5H,3,6-7H2,1-2H3,(H,16,17). The van der Waals surface area contributed by atoms with Crippen molar-refractivity contribution in [3.05, 3.63) is 27.7 Å². The summed E-state index contributed by atoms with van der Waals surface area (Å²) in [6.07, 6.45) is 1.03. The van der Waals surface area contributed by atoms with Gasteiger partial charge in [0.15, 0.2) is 5.16 Å². The third kappa shape index (κ3) is 3.57. The summed E-state index contributed by atoms with van der Waals surface area (Å²) in [4.78, 5) is 13.2. The van der Waals surface area contributed by atoms with E-state index < -0.39 is 5.97 Å². The molecule has 2 heterocycles. The number of rotatable bonds is 6. The number of carboxylic acid groups (broad SMARTS) is 1. The van der Waals surface area contributed by atoms with Gasteiger partial charge in [-0.3, -0.25) is 4.79 Å². The maximum atomic E-state index is 10.6. The van der Waals surface area contributed by atoms with Crippen LogP contribution >= 0.6 is 23.1 Å². The lowest BCUT2D eigenvalue weighted by Gasteiger charge is -2.05. The maximum Gasteiger partial charge on any atom is 0.313 e. The fourth-order valence-corrected chi connectivity index (χ4v) is 3.28. The summed E-state index contributed by atoms with van der Waals surface area (Å²) in [6, 6.07) is 4.23. The van der Waals surface area contributed by atoms with Gasteiger partial charge in [0.1, 0.15) is 5.82 Å². The van der Waals surface area contributed by atoms with Crippen LogP contribution in [0.1, 0.15) is 22.5 Å². The number of hydrogen-bond acceptors (Lipinski definition) is 5. The molecule has 0 fully saturated rings. The van der Waals surface area contributed by atoms with Crippen LogP contribution in [0.25, 0.3) is 0 Å². The van der Waals surface area contributed by atoms with Gasteiger partial charge in [0.2, 0.25) is 0 Å². The van der Waals surface area contributed by atoms with Crippen molar-refractivity contribution in [1.82, 2.24) is 14.8 Å². The number of nitrogens with zero attached hydrogens (tertiary/aromatic N) is 3. The summed E-state index contributed by atoms with van der Waals surface area (Å²) in [5.41, 5.74) is 0. The van der Waals surface area contributed by atoms with Crippen molar-refractivity contribution in [3.8, 4) is 0 Å². The Morgan fingerprint density at radius 3 is 2.79 bits per heavy atom. The molecule has 0 atom stereocenters. The summed E-state index contributed by atoms with van der Waals surface area (Å²) >= 11 is 2.97. The van der Waals surface area contributed by atoms with E-state index in [4.69, 9.17) is 5.11 Å². The zero-order valence-electron chi connectivity index (χ0n) is 10.8. The molecule has 5 nitrogen and oxygen atoms in total. The Morgan fingerprint density at radius 1 is 1.42 bits per heavy atom. The van der Waals surface area contributed by atoms with Crippen LogP contribution in [-0.4, -0.2) is 31.6 Å². The molecule has 0 spiro atoms. The van der Waals surface area contributed by atoms with Gasteiger partial charge in [-0.05, 0) is 25.5 Å². The smallest absolute Gasteiger partial charge is 0.313 e. The summed E-state index contributed by atoms with van der Waals surface area (Å²) in [5, 5.41) is 17.4. The van der Waals surface area contributed by atoms with E-state index in [0.717, 1.165) is 12.2 Å². The first-order valence-corrected chi connectivity index (χ1v) is 7.72. The summed E-state index contributed by atoms with van der Waals surface area (Å²) in [6.45, 7) is 4.71. The SMILES string of the molecule is CCc1ccc(Cn2c(C)nnc2SCC(=O)O)s1. The van der Waals surface area contributed by atoms with E-state index in [1.165, 1.54) is 21.5 Å². The van der Waals surface area contributed by atoms with E-state index in [9.17, 15) is 4.79 Å². The third-order valence-electron chi connectivity index (χ3n) is 2.61. The molecular weight excluding hydrogens is 282 g/mol. The van der Waals surface area contributed by atoms with Gasteiger partial charge in [-0.15, -0.1) is 21.5 Å². The monoisotopic (exact) mass is 297 g/mol. The molecule has 0 radical (unpaired) electrons.